The SMILES string of the molecule is COC1=CCC(SCCCCCCCC(O)O)C=C1. The summed E-state index contributed by atoms with van der Waals surface area (Å²) < 4.78 is 5.17. The molecule has 4 heteroatoms. The van der Waals surface area contributed by atoms with Crippen molar-refractivity contribution in [3.05, 3.63) is 24.0 Å². The highest BCUT2D eigenvalue weighted by Crippen LogP contribution is 2.23. The van der Waals surface area contributed by atoms with E-state index in [0.29, 0.717) is 11.7 Å². The van der Waals surface area contributed by atoms with Crippen LogP contribution in [0.15, 0.2) is 24.0 Å². The Bertz CT molecular complexity index is 287. The Morgan fingerprint density at radius 2 is 2.00 bits per heavy atom. The van der Waals surface area contributed by atoms with Gasteiger partial charge in [-0.05, 0) is 43.6 Å². The number of rotatable bonds is 10. The van der Waals surface area contributed by atoms with E-state index in [1.807, 2.05) is 11.8 Å². The number of thioether (sulfide) groups is 1. The number of hydrogen-bond donors (Lipinski definition) is 2. The zero-order chi connectivity index (χ0) is 13.9. The first kappa shape index (κ1) is 16.6. The fourth-order valence-electron chi connectivity index (χ4n) is 2.05. The highest BCUT2D eigenvalue weighted by atomic mass is 32.2. The second kappa shape index (κ2) is 10.4. The van der Waals surface area contributed by atoms with Gasteiger partial charge < -0.3 is 14.9 Å². The largest absolute Gasteiger partial charge is 0.497 e. The summed E-state index contributed by atoms with van der Waals surface area (Å²) in [4.78, 5) is 0. The van der Waals surface area contributed by atoms with Gasteiger partial charge in [0.05, 0.1) is 7.11 Å². The molecule has 110 valence electrons. The molecule has 0 heterocycles. The number of allylic oxidation sites excluding steroid dienone is 2. The molecule has 19 heavy (non-hydrogen) atoms. The highest BCUT2D eigenvalue weighted by molar-refractivity contribution is 8.00. The number of aliphatic hydroxyl groups excluding tert-OH is 1. The summed E-state index contributed by atoms with van der Waals surface area (Å²) in [5, 5.41) is 18.0. The van der Waals surface area contributed by atoms with Gasteiger partial charge in [0, 0.05) is 5.25 Å². The van der Waals surface area contributed by atoms with Crippen LogP contribution < -0.4 is 0 Å². The lowest BCUT2D eigenvalue weighted by Gasteiger charge is -2.15. The number of methoxy groups -OCH3 is 1. The zero-order valence-corrected chi connectivity index (χ0v) is 12.6. The molecule has 2 N–H and O–H groups in total. The molecule has 0 fully saturated rings. The molecule has 1 aliphatic carbocycles. The minimum Gasteiger partial charge on any atom is -0.497 e. The van der Waals surface area contributed by atoms with Crippen molar-refractivity contribution < 1.29 is 14.9 Å². The Balaban J connectivity index is 1.89. The van der Waals surface area contributed by atoms with E-state index in [-0.39, 0.29) is 0 Å². The lowest BCUT2D eigenvalue weighted by molar-refractivity contribution is -0.0465. The zero-order valence-electron chi connectivity index (χ0n) is 11.8. The smallest absolute Gasteiger partial charge is 0.151 e. The Kier molecular flexibility index (Phi) is 9.05. The predicted octanol–water partition coefficient (Wildman–Crippen LogP) is 3.23. The van der Waals surface area contributed by atoms with Crippen molar-refractivity contribution in [1.29, 1.82) is 0 Å². The molecule has 0 saturated carbocycles. The maximum Gasteiger partial charge on any atom is 0.151 e. The maximum atomic E-state index is 8.71. The van der Waals surface area contributed by atoms with Crippen molar-refractivity contribution in [1.82, 2.24) is 0 Å². The van der Waals surface area contributed by atoms with Crippen molar-refractivity contribution in [3.63, 3.8) is 0 Å². The summed E-state index contributed by atoms with van der Waals surface area (Å²) in [7, 11) is 1.71. The Morgan fingerprint density at radius 3 is 2.63 bits per heavy atom. The van der Waals surface area contributed by atoms with Crippen LogP contribution in [-0.4, -0.2) is 34.6 Å². The minimum absolute atomic E-state index is 0.510. The summed E-state index contributed by atoms with van der Waals surface area (Å²) >= 11 is 2.01. The average Bonchev–Trinajstić information content (AvgIpc) is 2.42. The van der Waals surface area contributed by atoms with Crippen molar-refractivity contribution in [2.75, 3.05) is 12.9 Å². The van der Waals surface area contributed by atoms with Gasteiger partial charge in [-0.2, -0.15) is 11.8 Å². The third kappa shape index (κ3) is 8.35. The molecular formula is C15H26O3S. The highest BCUT2D eigenvalue weighted by Gasteiger charge is 2.08. The van der Waals surface area contributed by atoms with Gasteiger partial charge in [-0.25, -0.2) is 0 Å². The number of unbranched alkanes of at least 4 members (excludes halogenated alkanes) is 4. The van der Waals surface area contributed by atoms with E-state index in [2.05, 4.69) is 18.2 Å². The van der Waals surface area contributed by atoms with E-state index >= 15 is 0 Å². The van der Waals surface area contributed by atoms with Crippen LogP contribution in [-0.2, 0) is 4.74 Å². The summed E-state index contributed by atoms with van der Waals surface area (Å²) in [6.07, 6.45) is 12.6. The molecule has 0 aliphatic heterocycles. The molecule has 0 aromatic carbocycles. The van der Waals surface area contributed by atoms with Crippen molar-refractivity contribution in [2.45, 2.75) is 56.5 Å². The van der Waals surface area contributed by atoms with Gasteiger partial charge in [0.1, 0.15) is 5.76 Å². The van der Waals surface area contributed by atoms with E-state index in [1.54, 1.807) is 7.11 Å². The van der Waals surface area contributed by atoms with Gasteiger partial charge in [0.25, 0.3) is 0 Å². The average molecular weight is 286 g/mol. The molecule has 0 amide bonds. The summed E-state index contributed by atoms with van der Waals surface area (Å²) in [5.74, 6) is 2.18. The van der Waals surface area contributed by atoms with Gasteiger partial charge in [-0.3, -0.25) is 0 Å². The van der Waals surface area contributed by atoms with Gasteiger partial charge >= 0.3 is 0 Å². The molecule has 0 aromatic rings. The number of hydrogen-bond acceptors (Lipinski definition) is 4. The van der Waals surface area contributed by atoms with Crippen LogP contribution in [0.1, 0.15) is 44.9 Å². The fourth-order valence-corrected chi connectivity index (χ4v) is 3.15. The standard InChI is InChI=1S/C15H26O3S/c1-18-13-8-10-14(11-9-13)19-12-6-4-2-3-5-7-15(16)17/h8-10,14-17H,2-7,11-12H2,1H3. The quantitative estimate of drug-likeness (QED) is 0.478. The third-order valence-corrected chi connectivity index (χ3v) is 4.50. The molecule has 1 rings (SSSR count). The summed E-state index contributed by atoms with van der Waals surface area (Å²) in [6, 6.07) is 0. The Morgan fingerprint density at radius 1 is 1.26 bits per heavy atom. The first-order valence-corrected chi connectivity index (χ1v) is 8.17. The third-order valence-electron chi connectivity index (χ3n) is 3.20. The maximum absolute atomic E-state index is 8.71. The molecule has 0 bridgehead atoms. The van der Waals surface area contributed by atoms with Gasteiger partial charge in [0.2, 0.25) is 0 Å². The molecular weight excluding hydrogens is 260 g/mol. The second-order valence-corrected chi connectivity index (χ2v) is 6.20. The molecule has 1 atom stereocenters. The molecule has 0 saturated heterocycles. The van der Waals surface area contributed by atoms with Crippen LogP contribution in [0.3, 0.4) is 0 Å². The molecule has 3 nitrogen and oxygen atoms in total. The fraction of sp³-hybridized carbons (Fsp3) is 0.733. The van der Waals surface area contributed by atoms with Crippen molar-refractivity contribution in [3.8, 4) is 0 Å². The molecule has 0 radical (unpaired) electrons. The van der Waals surface area contributed by atoms with Gasteiger partial charge in [-0.1, -0.05) is 25.3 Å². The van der Waals surface area contributed by atoms with E-state index in [4.69, 9.17) is 14.9 Å². The Labute approximate surface area is 120 Å². The van der Waals surface area contributed by atoms with E-state index in [9.17, 15) is 0 Å². The lowest BCUT2D eigenvalue weighted by Crippen LogP contribution is -2.03. The molecule has 0 spiro atoms. The first-order chi connectivity index (χ1) is 9.22. The van der Waals surface area contributed by atoms with E-state index < -0.39 is 6.29 Å². The summed E-state index contributed by atoms with van der Waals surface area (Å²) in [5.41, 5.74) is 0. The van der Waals surface area contributed by atoms with Crippen LogP contribution in [0, 0.1) is 0 Å². The van der Waals surface area contributed by atoms with Crippen LogP contribution in [0.5, 0.6) is 0 Å². The van der Waals surface area contributed by atoms with Crippen molar-refractivity contribution in [2.24, 2.45) is 0 Å². The number of ether oxygens (including phenoxy) is 1. The first-order valence-electron chi connectivity index (χ1n) is 7.12. The van der Waals surface area contributed by atoms with Crippen molar-refractivity contribution >= 4 is 11.8 Å². The van der Waals surface area contributed by atoms with Crippen LogP contribution in [0.25, 0.3) is 0 Å². The molecule has 0 aromatic heterocycles. The minimum atomic E-state index is -1.13. The lowest BCUT2D eigenvalue weighted by atomic mass is 10.1. The predicted molar refractivity (Wildman–Crippen MR) is 81.0 cm³/mol. The second-order valence-electron chi connectivity index (χ2n) is 4.85. The van der Waals surface area contributed by atoms with Crippen LogP contribution in [0.2, 0.25) is 0 Å². The monoisotopic (exact) mass is 286 g/mol. The topological polar surface area (TPSA) is 49.7 Å². The Hall–Kier alpha value is -0.450. The van der Waals surface area contributed by atoms with Gasteiger partial charge in [0.15, 0.2) is 6.29 Å². The van der Waals surface area contributed by atoms with Gasteiger partial charge in [-0.15, -0.1) is 0 Å². The van der Waals surface area contributed by atoms with Crippen LogP contribution >= 0.6 is 11.8 Å². The molecule has 1 unspecified atom stereocenters. The number of aliphatic hydroxyl groups is 2. The van der Waals surface area contributed by atoms with E-state index in [0.717, 1.165) is 25.0 Å². The summed E-state index contributed by atoms with van der Waals surface area (Å²) in [6.45, 7) is 0. The van der Waals surface area contributed by atoms with Crippen LogP contribution in [0.4, 0.5) is 0 Å². The normalized spacial score (nSPS) is 18.7. The van der Waals surface area contributed by atoms with E-state index in [1.165, 1.54) is 25.0 Å². The molecule has 1 aliphatic rings.